The fourth-order valence-electron chi connectivity index (χ4n) is 3.62. The average molecular weight is 403 g/mol. The zero-order valence-electron chi connectivity index (χ0n) is 16.5. The Labute approximate surface area is 170 Å². The molecule has 0 bridgehead atoms. The molecule has 2 atom stereocenters. The summed E-state index contributed by atoms with van der Waals surface area (Å²) in [5.41, 5.74) is 1.81. The van der Waals surface area contributed by atoms with Crippen LogP contribution in [-0.2, 0) is 22.6 Å². The van der Waals surface area contributed by atoms with Crippen molar-refractivity contribution >= 4 is 5.91 Å². The van der Waals surface area contributed by atoms with E-state index in [1.807, 2.05) is 30.3 Å². The van der Waals surface area contributed by atoms with Crippen LogP contribution in [0, 0.1) is 11.6 Å². The van der Waals surface area contributed by atoms with Crippen molar-refractivity contribution in [1.82, 2.24) is 15.5 Å². The number of ether oxygens (including phenoxy) is 1. The predicted molar refractivity (Wildman–Crippen MR) is 107 cm³/mol. The standard InChI is InChI=1S/C22H27F2N3O2/c1-29-10-9-25-22(28)21-12-18(15-27(21)14-16-5-3-2-4-6-16)26-13-17-7-8-19(23)20(24)11-17/h2-8,11,18,21,26H,9-10,12-15H2,1H3,(H,25,28)/t18-,21+/m1/s1. The smallest absolute Gasteiger partial charge is 0.237 e. The highest BCUT2D eigenvalue weighted by Crippen LogP contribution is 2.21. The van der Waals surface area contributed by atoms with Crippen molar-refractivity contribution < 1.29 is 18.3 Å². The minimum atomic E-state index is -0.851. The van der Waals surface area contributed by atoms with Crippen molar-refractivity contribution in [3.05, 3.63) is 71.3 Å². The minimum absolute atomic E-state index is 0.0184. The Morgan fingerprint density at radius 3 is 2.66 bits per heavy atom. The Morgan fingerprint density at radius 2 is 1.93 bits per heavy atom. The van der Waals surface area contributed by atoms with E-state index in [4.69, 9.17) is 4.74 Å². The number of halogens is 2. The Morgan fingerprint density at radius 1 is 1.14 bits per heavy atom. The SMILES string of the molecule is COCCNC(=O)[C@@H]1C[C@@H](NCc2ccc(F)c(F)c2)CN1Cc1ccccc1. The predicted octanol–water partition coefficient (Wildman–Crippen LogP) is 2.46. The van der Waals surface area contributed by atoms with E-state index in [2.05, 4.69) is 15.5 Å². The van der Waals surface area contributed by atoms with Crippen LogP contribution in [0.4, 0.5) is 8.78 Å². The molecule has 0 aliphatic carbocycles. The van der Waals surface area contributed by atoms with Gasteiger partial charge >= 0.3 is 0 Å². The van der Waals surface area contributed by atoms with Gasteiger partial charge in [-0.1, -0.05) is 36.4 Å². The highest BCUT2D eigenvalue weighted by atomic mass is 19.2. The van der Waals surface area contributed by atoms with E-state index in [0.717, 1.165) is 11.6 Å². The Balaban J connectivity index is 1.62. The number of rotatable bonds is 9. The van der Waals surface area contributed by atoms with E-state index in [1.54, 1.807) is 13.2 Å². The summed E-state index contributed by atoms with van der Waals surface area (Å²) >= 11 is 0. The van der Waals surface area contributed by atoms with Gasteiger partial charge in [0.2, 0.25) is 5.91 Å². The fraction of sp³-hybridized carbons (Fsp3) is 0.409. The first-order valence-corrected chi connectivity index (χ1v) is 9.78. The largest absolute Gasteiger partial charge is 0.383 e. The molecule has 3 rings (SSSR count). The average Bonchev–Trinajstić information content (AvgIpc) is 3.12. The van der Waals surface area contributed by atoms with Gasteiger partial charge in [-0.2, -0.15) is 0 Å². The van der Waals surface area contributed by atoms with Gasteiger partial charge in [-0.3, -0.25) is 9.69 Å². The van der Waals surface area contributed by atoms with Gasteiger partial charge in [0, 0.05) is 39.3 Å². The number of amides is 1. The molecule has 1 amide bonds. The van der Waals surface area contributed by atoms with Crippen molar-refractivity contribution in [1.29, 1.82) is 0 Å². The molecule has 0 saturated carbocycles. The molecule has 1 aliphatic rings. The van der Waals surface area contributed by atoms with E-state index >= 15 is 0 Å². The number of benzene rings is 2. The zero-order valence-corrected chi connectivity index (χ0v) is 16.5. The molecule has 1 saturated heterocycles. The van der Waals surface area contributed by atoms with Crippen LogP contribution in [-0.4, -0.2) is 49.7 Å². The summed E-state index contributed by atoms with van der Waals surface area (Å²) in [5.74, 6) is -1.72. The van der Waals surface area contributed by atoms with Crippen LogP contribution in [0.5, 0.6) is 0 Å². The maximum absolute atomic E-state index is 13.4. The molecular weight excluding hydrogens is 376 g/mol. The van der Waals surface area contributed by atoms with Gasteiger partial charge in [0.15, 0.2) is 11.6 Å². The molecule has 156 valence electrons. The van der Waals surface area contributed by atoms with Crippen molar-refractivity contribution in [3.8, 4) is 0 Å². The van der Waals surface area contributed by atoms with Crippen molar-refractivity contribution in [2.75, 3.05) is 26.8 Å². The van der Waals surface area contributed by atoms with E-state index in [0.29, 0.717) is 44.8 Å². The van der Waals surface area contributed by atoms with Gasteiger partial charge < -0.3 is 15.4 Å². The van der Waals surface area contributed by atoms with E-state index in [-0.39, 0.29) is 18.0 Å². The number of hydrogen-bond acceptors (Lipinski definition) is 4. The molecule has 29 heavy (non-hydrogen) atoms. The Kier molecular flexibility index (Phi) is 7.69. The highest BCUT2D eigenvalue weighted by molar-refractivity contribution is 5.82. The van der Waals surface area contributed by atoms with Crippen LogP contribution in [0.15, 0.2) is 48.5 Å². The molecule has 5 nitrogen and oxygen atoms in total. The third-order valence-corrected chi connectivity index (χ3v) is 5.12. The number of carbonyl (C=O) groups excluding carboxylic acids is 1. The van der Waals surface area contributed by atoms with Crippen LogP contribution in [0.3, 0.4) is 0 Å². The van der Waals surface area contributed by atoms with Gasteiger partial charge in [-0.25, -0.2) is 8.78 Å². The van der Waals surface area contributed by atoms with Crippen LogP contribution in [0.25, 0.3) is 0 Å². The number of methoxy groups -OCH3 is 1. The molecule has 1 heterocycles. The molecule has 0 unspecified atom stereocenters. The van der Waals surface area contributed by atoms with Gasteiger partial charge in [-0.05, 0) is 29.7 Å². The van der Waals surface area contributed by atoms with Gasteiger partial charge in [0.1, 0.15) is 0 Å². The molecule has 2 aromatic carbocycles. The third-order valence-electron chi connectivity index (χ3n) is 5.12. The number of carbonyl (C=O) groups is 1. The second-order valence-corrected chi connectivity index (χ2v) is 7.28. The second kappa shape index (κ2) is 10.4. The molecule has 0 spiro atoms. The molecule has 7 heteroatoms. The first kappa shape index (κ1) is 21.4. The number of hydrogen-bond donors (Lipinski definition) is 2. The summed E-state index contributed by atoms with van der Waals surface area (Å²) in [6.45, 7) is 2.72. The van der Waals surface area contributed by atoms with Crippen LogP contribution in [0.2, 0.25) is 0 Å². The summed E-state index contributed by atoms with van der Waals surface area (Å²) in [7, 11) is 1.60. The number of nitrogens with one attached hydrogen (secondary N) is 2. The monoisotopic (exact) mass is 403 g/mol. The van der Waals surface area contributed by atoms with Crippen LogP contribution in [0.1, 0.15) is 17.5 Å². The summed E-state index contributed by atoms with van der Waals surface area (Å²) in [4.78, 5) is 14.8. The minimum Gasteiger partial charge on any atom is -0.383 e. The third kappa shape index (κ3) is 6.06. The quantitative estimate of drug-likeness (QED) is 0.632. The zero-order chi connectivity index (χ0) is 20.6. The molecule has 0 aromatic heterocycles. The van der Waals surface area contributed by atoms with Gasteiger partial charge in [0.05, 0.1) is 12.6 Å². The molecule has 1 fully saturated rings. The first-order chi connectivity index (χ1) is 14.1. The van der Waals surface area contributed by atoms with E-state index < -0.39 is 11.6 Å². The van der Waals surface area contributed by atoms with E-state index in [9.17, 15) is 13.6 Å². The number of nitrogens with zero attached hydrogens (tertiary/aromatic N) is 1. The Hall–Kier alpha value is -2.35. The van der Waals surface area contributed by atoms with Gasteiger partial charge in [-0.15, -0.1) is 0 Å². The van der Waals surface area contributed by atoms with E-state index in [1.165, 1.54) is 6.07 Å². The lowest BCUT2D eigenvalue weighted by molar-refractivity contribution is -0.125. The normalized spacial score (nSPS) is 19.4. The maximum atomic E-state index is 13.4. The van der Waals surface area contributed by atoms with Gasteiger partial charge in [0.25, 0.3) is 0 Å². The van der Waals surface area contributed by atoms with Crippen molar-refractivity contribution in [2.45, 2.75) is 31.6 Å². The molecular formula is C22H27F2N3O2. The summed E-state index contributed by atoms with van der Waals surface area (Å²) in [6.07, 6.45) is 0.648. The fourth-order valence-corrected chi connectivity index (χ4v) is 3.62. The summed E-state index contributed by atoms with van der Waals surface area (Å²) in [5, 5.41) is 6.30. The summed E-state index contributed by atoms with van der Waals surface area (Å²) < 4.78 is 31.5. The lowest BCUT2D eigenvalue weighted by atomic mass is 10.1. The molecule has 2 N–H and O–H groups in total. The topological polar surface area (TPSA) is 53.6 Å². The van der Waals surface area contributed by atoms with Crippen LogP contribution >= 0.6 is 0 Å². The Bertz CT molecular complexity index is 804. The highest BCUT2D eigenvalue weighted by Gasteiger charge is 2.36. The molecule has 0 radical (unpaired) electrons. The van der Waals surface area contributed by atoms with Crippen molar-refractivity contribution in [2.24, 2.45) is 0 Å². The maximum Gasteiger partial charge on any atom is 0.237 e. The van der Waals surface area contributed by atoms with Crippen LogP contribution < -0.4 is 10.6 Å². The summed E-state index contributed by atoms with van der Waals surface area (Å²) in [6, 6.07) is 13.7. The lowest BCUT2D eigenvalue weighted by Gasteiger charge is -2.23. The first-order valence-electron chi connectivity index (χ1n) is 9.78. The lowest BCUT2D eigenvalue weighted by Crippen LogP contribution is -2.43. The van der Waals surface area contributed by atoms with Crippen molar-refractivity contribution in [3.63, 3.8) is 0 Å². The molecule has 1 aliphatic heterocycles. The second-order valence-electron chi connectivity index (χ2n) is 7.28. The molecule has 2 aromatic rings. The number of likely N-dealkylation sites (tertiary alicyclic amines) is 1.